The van der Waals surface area contributed by atoms with Gasteiger partial charge in [-0.2, -0.15) is 0 Å². The van der Waals surface area contributed by atoms with Crippen LogP contribution in [-0.2, 0) is 16.1 Å². The second-order valence-electron chi connectivity index (χ2n) is 7.48. The van der Waals surface area contributed by atoms with E-state index >= 15 is 0 Å². The molecule has 150 valence electrons. The van der Waals surface area contributed by atoms with Crippen LogP contribution < -0.4 is 0 Å². The zero-order chi connectivity index (χ0) is 19.9. The van der Waals surface area contributed by atoms with Gasteiger partial charge in [-0.05, 0) is 24.9 Å². The maximum atomic E-state index is 12.6. The molecule has 3 heterocycles. The van der Waals surface area contributed by atoms with E-state index in [4.69, 9.17) is 0 Å². The number of aliphatic hydroxyl groups excluding tert-OH is 1. The summed E-state index contributed by atoms with van der Waals surface area (Å²) in [6.07, 6.45) is 1.90. The quantitative estimate of drug-likeness (QED) is 0.518. The molecule has 4 atom stereocenters. The Bertz CT molecular complexity index is 803. The number of rotatable bonds is 7. The van der Waals surface area contributed by atoms with Gasteiger partial charge in [0.25, 0.3) is 5.91 Å². The van der Waals surface area contributed by atoms with Gasteiger partial charge >= 0.3 is 5.97 Å². The van der Waals surface area contributed by atoms with E-state index in [1.54, 1.807) is 24.9 Å². The molecule has 1 amide bonds. The second-order valence-corrected chi connectivity index (χ2v) is 10.2. The SMILES string of the molecule is CC[C@H](O)[C@]1(C(=O)O)C(=O)N2C=C(S[C@H]3CCN(Cc4ccccc4)C3)S[C@@H]21. The lowest BCUT2D eigenvalue weighted by Crippen LogP contribution is -2.72. The van der Waals surface area contributed by atoms with Gasteiger partial charge in [0.2, 0.25) is 5.41 Å². The lowest BCUT2D eigenvalue weighted by atomic mass is 9.72. The van der Waals surface area contributed by atoms with Crippen LogP contribution in [0.4, 0.5) is 0 Å². The van der Waals surface area contributed by atoms with Gasteiger partial charge in [0, 0.05) is 24.5 Å². The van der Waals surface area contributed by atoms with Gasteiger partial charge in [0.15, 0.2) is 0 Å². The van der Waals surface area contributed by atoms with Gasteiger partial charge in [-0.1, -0.05) is 49.0 Å². The molecule has 6 nitrogen and oxygen atoms in total. The number of fused-ring (bicyclic) bond motifs is 1. The fraction of sp³-hybridized carbons (Fsp3) is 0.500. The highest BCUT2D eigenvalue weighted by molar-refractivity contribution is 8.23. The van der Waals surface area contributed by atoms with Crippen LogP contribution in [0.25, 0.3) is 0 Å². The van der Waals surface area contributed by atoms with Crippen molar-refractivity contribution < 1.29 is 19.8 Å². The average Bonchev–Trinajstić information content (AvgIpc) is 3.28. The first-order chi connectivity index (χ1) is 13.5. The molecule has 4 rings (SSSR count). The Labute approximate surface area is 173 Å². The molecule has 3 aliphatic heterocycles. The molecule has 2 N–H and O–H groups in total. The number of aliphatic hydroxyl groups is 1. The third-order valence-electron chi connectivity index (χ3n) is 5.73. The van der Waals surface area contributed by atoms with Crippen molar-refractivity contribution in [3.63, 3.8) is 0 Å². The highest BCUT2D eigenvalue weighted by Crippen LogP contribution is 2.58. The number of benzene rings is 1. The molecule has 0 aromatic heterocycles. The van der Waals surface area contributed by atoms with Crippen LogP contribution in [-0.4, -0.2) is 61.7 Å². The number of nitrogens with zero attached hydrogens (tertiary/aromatic N) is 2. The number of carboxylic acid groups (broad SMARTS) is 1. The van der Waals surface area contributed by atoms with Crippen molar-refractivity contribution in [2.75, 3.05) is 13.1 Å². The minimum atomic E-state index is -1.72. The number of thioether (sulfide) groups is 2. The van der Waals surface area contributed by atoms with E-state index in [9.17, 15) is 19.8 Å². The van der Waals surface area contributed by atoms with Crippen molar-refractivity contribution in [3.8, 4) is 0 Å². The molecule has 8 heteroatoms. The van der Waals surface area contributed by atoms with E-state index < -0.39 is 28.8 Å². The fourth-order valence-electron chi connectivity index (χ4n) is 4.18. The molecule has 2 fully saturated rings. The summed E-state index contributed by atoms with van der Waals surface area (Å²) in [6, 6.07) is 10.4. The van der Waals surface area contributed by atoms with E-state index in [-0.39, 0.29) is 6.42 Å². The molecular formula is C20H24N2O4S2. The van der Waals surface area contributed by atoms with Gasteiger partial charge in [-0.15, -0.1) is 11.8 Å². The molecule has 0 spiro atoms. The average molecular weight is 421 g/mol. The largest absolute Gasteiger partial charge is 0.480 e. The Morgan fingerprint density at radius 2 is 2.14 bits per heavy atom. The molecule has 0 radical (unpaired) electrons. The lowest BCUT2D eigenvalue weighted by molar-refractivity contribution is -0.187. The summed E-state index contributed by atoms with van der Waals surface area (Å²) in [7, 11) is 0. The monoisotopic (exact) mass is 420 g/mol. The molecule has 0 unspecified atom stereocenters. The standard InChI is InChI=1S/C20H24N2O4S2/c1-2-15(23)20(19(25)26)17(24)22-12-16(28-18(20)22)27-14-8-9-21(11-14)10-13-6-4-3-5-7-13/h3-7,12,14-15,18,23H,2,8-11H2,1H3,(H,25,26)/t14-,15-,18+,20-/m0/s1. The third-order valence-corrected chi connectivity index (χ3v) is 8.52. The maximum absolute atomic E-state index is 12.6. The topological polar surface area (TPSA) is 81.1 Å². The van der Waals surface area contributed by atoms with E-state index in [0.29, 0.717) is 5.25 Å². The summed E-state index contributed by atoms with van der Waals surface area (Å²) < 4.78 is 0.969. The number of aliphatic carboxylic acids is 1. The molecule has 1 aromatic rings. The zero-order valence-corrected chi connectivity index (χ0v) is 17.3. The van der Waals surface area contributed by atoms with Crippen LogP contribution in [0.15, 0.2) is 40.8 Å². The summed E-state index contributed by atoms with van der Waals surface area (Å²) in [6.45, 7) is 4.64. The molecular weight excluding hydrogens is 396 g/mol. The van der Waals surface area contributed by atoms with Gasteiger partial charge in [-0.3, -0.25) is 14.5 Å². The fourth-order valence-corrected chi connectivity index (χ4v) is 7.30. The number of amides is 1. The van der Waals surface area contributed by atoms with Gasteiger partial charge in [-0.25, -0.2) is 0 Å². The zero-order valence-electron chi connectivity index (χ0n) is 15.7. The number of likely N-dealkylation sites (tertiary alicyclic amines) is 1. The summed E-state index contributed by atoms with van der Waals surface area (Å²) in [5.41, 5.74) is -0.412. The van der Waals surface area contributed by atoms with Crippen LogP contribution >= 0.6 is 23.5 Å². The molecule has 0 saturated carbocycles. The Hall–Kier alpha value is -1.48. The molecule has 1 aromatic carbocycles. The molecule has 28 heavy (non-hydrogen) atoms. The Balaban J connectivity index is 1.37. The first-order valence-corrected chi connectivity index (χ1v) is 11.3. The van der Waals surface area contributed by atoms with Crippen LogP contribution in [0.1, 0.15) is 25.3 Å². The Morgan fingerprint density at radius 3 is 2.82 bits per heavy atom. The van der Waals surface area contributed by atoms with Crippen LogP contribution in [0.3, 0.4) is 0 Å². The van der Waals surface area contributed by atoms with Gasteiger partial charge < -0.3 is 15.1 Å². The van der Waals surface area contributed by atoms with Crippen molar-refractivity contribution >= 4 is 35.4 Å². The number of hydrogen-bond acceptors (Lipinski definition) is 6. The molecule has 2 saturated heterocycles. The van der Waals surface area contributed by atoms with Crippen molar-refractivity contribution in [3.05, 3.63) is 46.3 Å². The van der Waals surface area contributed by atoms with E-state index in [1.807, 2.05) is 6.07 Å². The van der Waals surface area contributed by atoms with Gasteiger partial charge in [0.1, 0.15) is 5.37 Å². The van der Waals surface area contributed by atoms with Crippen molar-refractivity contribution in [1.82, 2.24) is 9.80 Å². The number of hydrogen-bond donors (Lipinski definition) is 2. The summed E-state index contributed by atoms with van der Waals surface area (Å²) in [4.78, 5) is 28.3. The maximum Gasteiger partial charge on any atom is 0.325 e. The van der Waals surface area contributed by atoms with Crippen molar-refractivity contribution in [2.45, 2.75) is 43.0 Å². The first kappa shape index (κ1) is 19.8. The molecule has 3 aliphatic rings. The normalized spacial score (nSPS) is 30.7. The molecule has 0 aliphatic carbocycles. The van der Waals surface area contributed by atoms with Crippen molar-refractivity contribution in [2.24, 2.45) is 5.41 Å². The van der Waals surface area contributed by atoms with Crippen molar-refractivity contribution in [1.29, 1.82) is 0 Å². The number of carbonyl (C=O) groups is 2. The number of β-lactam (4-membered cyclic amide) rings is 1. The molecule has 0 bridgehead atoms. The van der Waals surface area contributed by atoms with E-state index in [0.717, 1.165) is 30.3 Å². The van der Waals surface area contributed by atoms with Crippen LogP contribution in [0, 0.1) is 5.41 Å². The minimum Gasteiger partial charge on any atom is -0.480 e. The highest BCUT2D eigenvalue weighted by Gasteiger charge is 2.71. The highest BCUT2D eigenvalue weighted by atomic mass is 32.2. The second kappa shape index (κ2) is 7.74. The summed E-state index contributed by atoms with van der Waals surface area (Å²) in [5.74, 6) is -1.73. The number of carboxylic acids is 1. The summed E-state index contributed by atoms with van der Waals surface area (Å²) in [5, 5.41) is 19.9. The van der Waals surface area contributed by atoms with E-state index in [1.165, 1.54) is 22.2 Å². The number of carbonyl (C=O) groups excluding carboxylic acids is 1. The van der Waals surface area contributed by atoms with Crippen LogP contribution in [0.5, 0.6) is 0 Å². The van der Waals surface area contributed by atoms with E-state index in [2.05, 4.69) is 29.2 Å². The first-order valence-electron chi connectivity index (χ1n) is 9.52. The Kier molecular flexibility index (Phi) is 5.48. The predicted molar refractivity (Wildman–Crippen MR) is 110 cm³/mol. The third kappa shape index (κ3) is 3.16. The minimum absolute atomic E-state index is 0.239. The summed E-state index contributed by atoms with van der Waals surface area (Å²) >= 11 is 3.13. The van der Waals surface area contributed by atoms with Crippen LogP contribution in [0.2, 0.25) is 0 Å². The lowest BCUT2D eigenvalue weighted by Gasteiger charge is -2.50. The Morgan fingerprint density at radius 1 is 1.39 bits per heavy atom. The smallest absolute Gasteiger partial charge is 0.325 e. The van der Waals surface area contributed by atoms with Gasteiger partial charge in [0.05, 0.1) is 10.3 Å². The predicted octanol–water partition coefficient (Wildman–Crippen LogP) is 2.55.